The number of carbonyl (C=O) groups excluding carboxylic acids is 1. The number of benzene rings is 2. The van der Waals surface area contributed by atoms with Crippen LogP contribution in [-0.2, 0) is 11.3 Å². The summed E-state index contributed by atoms with van der Waals surface area (Å²) in [6.07, 6.45) is 0.841. The minimum Gasteiger partial charge on any atom is -0.493 e. The number of ether oxygens (including phenoxy) is 2. The van der Waals surface area contributed by atoms with Crippen molar-refractivity contribution in [3.05, 3.63) is 54.1 Å². The fourth-order valence-electron chi connectivity index (χ4n) is 2.69. The first-order valence-electron chi connectivity index (χ1n) is 10.4. The summed E-state index contributed by atoms with van der Waals surface area (Å²) in [5.41, 5.74) is 2.69. The van der Waals surface area contributed by atoms with E-state index < -0.39 is 0 Å². The summed E-state index contributed by atoms with van der Waals surface area (Å²) in [6.45, 7) is 5.71. The van der Waals surface area contributed by atoms with E-state index in [0.29, 0.717) is 25.7 Å². The molecule has 8 nitrogen and oxygen atoms in total. The van der Waals surface area contributed by atoms with E-state index >= 15 is 0 Å². The fourth-order valence-corrected chi connectivity index (χ4v) is 2.69. The monoisotopic (exact) mass is 427 g/mol. The van der Waals surface area contributed by atoms with Crippen molar-refractivity contribution < 1.29 is 14.3 Å². The van der Waals surface area contributed by atoms with Crippen LogP contribution in [0.5, 0.6) is 5.75 Å². The number of nitrogens with zero attached hydrogens (tertiary/aromatic N) is 1. The molecule has 2 aromatic carbocycles. The third-order valence-electron chi connectivity index (χ3n) is 4.17. The van der Waals surface area contributed by atoms with Crippen LogP contribution in [0.2, 0.25) is 0 Å². The summed E-state index contributed by atoms with van der Waals surface area (Å²) in [5, 5.41) is 12.2. The van der Waals surface area contributed by atoms with Crippen molar-refractivity contribution in [2.75, 3.05) is 38.0 Å². The molecule has 0 spiro atoms. The maximum absolute atomic E-state index is 11.8. The SMILES string of the molecule is CN=C(NCc1ccc(NC(=O)NC(C)C)cc1)Nc1cccc(OCCCOC)c1. The highest BCUT2D eigenvalue weighted by Crippen LogP contribution is 2.17. The molecule has 168 valence electrons. The second kappa shape index (κ2) is 13.1. The van der Waals surface area contributed by atoms with Crippen LogP contribution >= 0.6 is 0 Å². The zero-order valence-corrected chi connectivity index (χ0v) is 18.7. The van der Waals surface area contributed by atoms with Crippen LogP contribution in [0.3, 0.4) is 0 Å². The summed E-state index contributed by atoms with van der Waals surface area (Å²) in [5.74, 6) is 1.44. The first kappa shape index (κ1) is 24.0. The van der Waals surface area contributed by atoms with Crippen LogP contribution in [0.15, 0.2) is 53.5 Å². The molecule has 0 aliphatic rings. The van der Waals surface area contributed by atoms with Gasteiger partial charge in [0.1, 0.15) is 5.75 Å². The number of hydrogen-bond acceptors (Lipinski definition) is 4. The van der Waals surface area contributed by atoms with Gasteiger partial charge in [-0.15, -0.1) is 0 Å². The standard InChI is InChI=1S/C23H33N5O3/c1-17(2)26-23(29)28-19-11-9-18(10-12-19)16-25-22(24-3)27-20-7-5-8-21(15-20)31-14-6-13-30-4/h5,7-12,15,17H,6,13-14,16H2,1-4H3,(H2,24,25,27)(H2,26,28,29). The molecule has 0 radical (unpaired) electrons. The lowest BCUT2D eigenvalue weighted by atomic mass is 10.2. The van der Waals surface area contributed by atoms with Crippen molar-refractivity contribution in [2.45, 2.75) is 32.9 Å². The number of urea groups is 1. The van der Waals surface area contributed by atoms with Gasteiger partial charge in [-0.1, -0.05) is 18.2 Å². The van der Waals surface area contributed by atoms with E-state index in [9.17, 15) is 4.79 Å². The molecular weight excluding hydrogens is 394 g/mol. The van der Waals surface area contributed by atoms with Crippen LogP contribution < -0.4 is 26.0 Å². The number of hydrogen-bond donors (Lipinski definition) is 4. The van der Waals surface area contributed by atoms with Crippen molar-refractivity contribution in [3.8, 4) is 5.75 Å². The van der Waals surface area contributed by atoms with E-state index in [1.54, 1.807) is 14.2 Å². The molecular formula is C23H33N5O3. The van der Waals surface area contributed by atoms with E-state index in [-0.39, 0.29) is 12.1 Å². The zero-order valence-electron chi connectivity index (χ0n) is 18.7. The van der Waals surface area contributed by atoms with Gasteiger partial charge in [0.2, 0.25) is 0 Å². The third kappa shape index (κ3) is 9.39. The maximum Gasteiger partial charge on any atom is 0.319 e. The molecule has 0 unspecified atom stereocenters. The molecule has 0 saturated heterocycles. The lowest BCUT2D eigenvalue weighted by Crippen LogP contribution is -2.34. The predicted octanol–water partition coefficient (Wildman–Crippen LogP) is 3.82. The van der Waals surface area contributed by atoms with Crippen molar-refractivity contribution in [2.24, 2.45) is 4.99 Å². The average molecular weight is 428 g/mol. The van der Waals surface area contributed by atoms with Crippen molar-refractivity contribution in [3.63, 3.8) is 0 Å². The lowest BCUT2D eigenvalue weighted by Gasteiger charge is -2.14. The molecule has 2 rings (SSSR count). The van der Waals surface area contributed by atoms with Crippen LogP contribution in [0.25, 0.3) is 0 Å². The van der Waals surface area contributed by atoms with Crippen LogP contribution in [0, 0.1) is 0 Å². The third-order valence-corrected chi connectivity index (χ3v) is 4.17. The van der Waals surface area contributed by atoms with Gasteiger partial charge in [0.05, 0.1) is 6.61 Å². The van der Waals surface area contributed by atoms with Crippen LogP contribution in [0.4, 0.5) is 16.2 Å². The van der Waals surface area contributed by atoms with Crippen LogP contribution in [-0.4, -0.2) is 45.4 Å². The number of amides is 2. The first-order valence-corrected chi connectivity index (χ1v) is 10.4. The Labute approximate surface area is 184 Å². The molecule has 0 fully saturated rings. The van der Waals surface area contributed by atoms with Crippen molar-refractivity contribution in [1.29, 1.82) is 0 Å². The topological polar surface area (TPSA) is 96.0 Å². The molecule has 2 amide bonds. The quantitative estimate of drug-likeness (QED) is 0.263. The Kier molecular flexibility index (Phi) is 10.2. The summed E-state index contributed by atoms with van der Waals surface area (Å²) < 4.78 is 10.8. The van der Waals surface area contributed by atoms with Crippen molar-refractivity contribution in [1.82, 2.24) is 10.6 Å². The number of guanidine groups is 1. The highest BCUT2D eigenvalue weighted by atomic mass is 16.5. The van der Waals surface area contributed by atoms with Gasteiger partial charge in [0.15, 0.2) is 5.96 Å². The molecule has 2 aromatic rings. The highest BCUT2D eigenvalue weighted by molar-refractivity contribution is 5.93. The van der Waals surface area contributed by atoms with Crippen molar-refractivity contribution >= 4 is 23.4 Å². The van der Waals surface area contributed by atoms with Gasteiger partial charge in [0.25, 0.3) is 0 Å². The molecule has 31 heavy (non-hydrogen) atoms. The Bertz CT molecular complexity index is 837. The average Bonchev–Trinajstić information content (AvgIpc) is 2.75. The van der Waals surface area contributed by atoms with E-state index in [0.717, 1.165) is 29.1 Å². The summed E-state index contributed by atoms with van der Waals surface area (Å²) in [4.78, 5) is 16.0. The molecule has 0 aromatic heterocycles. The number of rotatable bonds is 10. The molecule has 8 heteroatoms. The van der Waals surface area contributed by atoms with Gasteiger partial charge in [-0.25, -0.2) is 4.79 Å². The largest absolute Gasteiger partial charge is 0.493 e. The smallest absolute Gasteiger partial charge is 0.319 e. The second-order valence-electron chi connectivity index (χ2n) is 7.22. The minimum absolute atomic E-state index is 0.0886. The van der Waals surface area contributed by atoms with Crippen LogP contribution in [0.1, 0.15) is 25.8 Å². The molecule has 0 aliphatic carbocycles. The number of nitrogens with one attached hydrogen (secondary N) is 4. The summed E-state index contributed by atoms with van der Waals surface area (Å²) >= 11 is 0. The van der Waals surface area contributed by atoms with E-state index in [2.05, 4.69) is 26.3 Å². The van der Waals surface area contributed by atoms with E-state index in [1.165, 1.54) is 0 Å². The second-order valence-corrected chi connectivity index (χ2v) is 7.22. The number of methoxy groups -OCH3 is 1. The molecule has 4 N–H and O–H groups in total. The fraction of sp³-hybridized carbons (Fsp3) is 0.391. The summed E-state index contributed by atoms with van der Waals surface area (Å²) in [6, 6.07) is 15.3. The van der Waals surface area contributed by atoms with E-state index in [1.807, 2.05) is 62.4 Å². The number of carbonyl (C=O) groups is 1. The Morgan fingerprint density at radius 3 is 2.48 bits per heavy atom. The molecule has 0 aliphatic heterocycles. The highest BCUT2D eigenvalue weighted by Gasteiger charge is 2.05. The Morgan fingerprint density at radius 1 is 1.03 bits per heavy atom. The molecule has 0 atom stereocenters. The molecule has 0 bridgehead atoms. The predicted molar refractivity (Wildman–Crippen MR) is 126 cm³/mol. The lowest BCUT2D eigenvalue weighted by molar-refractivity contribution is 0.172. The molecule has 0 saturated carbocycles. The Balaban J connectivity index is 1.83. The minimum atomic E-state index is -0.213. The van der Waals surface area contributed by atoms with E-state index in [4.69, 9.17) is 9.47 Å². The summed E-state index contributed by atoms with van der Waals surface area (Å²) in [7, 11) is 3.40. The van der Waals surface area contributed by atoms with Gasteiger partial charge in [0, 0.05) is 57.2 Å². The Hall–Kier alpha value is -3.26. The number of anilines is 2. The van der Waals surface area contributed by atoms with Gasteiger partial charge < -0.3 is 30.7 Å². The zero-order chi connectivity index (χ0) is 22.5. The first-order chi connectivity index (χ1) is 15.0. The maximum atomic E-state index is 11.8. The van der Waals surface area contributed by atoms with Gasteiger partial charge >= 0.3 is 6.03 Å². The molecule has 0 heterocycles. The normalized spacial score (nSPS) is 11.2. The van der Waals surface area contributed by atoms with Gasteiger partial charge in [-0.05, 0) is 43.7 Å². The Morgan fingerprint density at radius 2 is 1.81 bits per heavy atom. The van der Waals surface area contributed by atoms with Gasteiger partial charge in [-0.3, -0.25) is 4.99 Å². The number of aliphatic imine (C=N–C) groups is 1. The van der Waals surface area contributed by atoms with Gasteiger partial charge in [-0.2, -0.15) is 0 Å².